The lowest BCUT2D eigenvalue weighted by Gasteiger charge is -2.26. The maximum Gasteiger partial charge on any atom is 0.323 e. The van der Waals surface area contributed by atoms with Gasteiger partial charge >= 0.3 is 6.03 Å². The van der Waals surface area contributed by atoms with Crippen molar-refractivity contribution in [3.05, 3.63) is 64.7 Å². The Morgan fingerprint density at radius 3 is 2.59 bits per heavy atom. The monoisotopic (exact) mass is 434 g/mol. The van der Waals surface area contributed by atoms with Crippen molar-refractivity contribution in [2.24, 2.45) is 0 Å². The fourth-order valence-corrected chi connectivity index (χ4v) is 3.56. The number of hydrogen-bond acceptors (Lipinski definition) is 6. The number of amides is 5. The fourth-order valence-electron chi connectivity index (χ4n) is 3.56. The molecule has 1 saturated heterocycles. The molecule has 2 aliphatic rings. The third-order valence-electron chi connectivity index (χ3n) is 5.23. The van der Waals surface area contributed by atoms with E-state index in [1.165, 1.54) is 41.8 Å². The van der Waals surface area contributed by atoms with Gasteiger partial charge in [0.2, 0.25) is 5.54 Å². The highest BCUT2D eigenvalue weighted by Crippen LogP contribution is 2.28. The van der Waals surface area contributed by atoms with Gasteiger partial charge in [-0.05, 0) is 42.0 Å². The van der Waals surface area contributed by atoms with Crippen LogP contribution in [0.1, 0.15) is 31.8 Å². The zero-order valence-corrected chi connectivity index (χ0v) is 16.9. The molecule has 10 nitrogen and oxygen atoms in total. The predicted molar refractivity (Wildman–Crippen MR) is 110 cm³/mol. The normalized spacial score (nSPS) is 18.9. The van der Waals surface area contributed by atoms with Crippen molar-refractivity contribution in [3.8, 4) is 17.6 Å². The van der Waals surface area contributed by atoms with Gasteiger partial charge in [-0.25, -0.2) is 10.3 Å². The van der Waals surface area contributed by atoms with Gasteiger partial charge < -0.3 is 15.0 Å². The van der Waals surface area contributed by atoms with Crippen LogP contribution in [0.15, 0.2) is 42.5 Å². The maximum absolute atomic E-state index is 12.9. The summed E-state index contributed by atoms with van der Waals surface area (Å²) < 4.78 is 5.17. The van der Waals surface area contributed by atoms with E-state index in [-0.39, 0.29) is 24.6 Å². The molecule has 5 amide bonds. The van der Waals surface area contributed by atoms with Gasteiger partial charge in [0.25, 0.3) is 17.7 Å². The molecule has 0 spiro atoms. The number of rotatable bonds is 4. The minimum absolute atomic E-state index is 0.154. The number of hydroxylamine groups is 1. The van der Waals surface area contributed by atoms with E-state index < -0.39 is 23.4 Å². The molecule has 2 aliphatic heterocycles. The quantitative estimate of drug-likeness (QED) is 0.238. The molecule has 2 aromatic carbocycles. The maximum atomic E-state index is 12.9. The van der Waals surface area contributed by atoms with Gasteiger partial charge in [0.1, 0.15) is 5.75 Å². The molecule has 2 heterocycles. The van der Waals surface area contributed by atoms with E-state index in [1.54, 1.807) is 18.2 Å². The van der Waals surface area contributed by atoms with E-state index in [1.807, 2.05) is 0 Å². The van der Waals surface area contributed by atoms with Gasteiger partial charge in [0.05, 0.1) is 13.7 Å². The van der Waals surface area contributed by atoms with Crippen molar-refractivity contribution < 1.29 is 29.1 Å². The molecule has 2 aromatic rings. The molecule has 32 heavy (non-hydrogen) atoms. The Labute approximate surface area is 182 Å². The minimum Gasteiger partial charge on any atom is -0.497 e. The Morgan fingerprint density at radius 2 is 1.97 bits per heavy atom. The van der Waals surface area contributed by atoms with Crippen molar-refractivity contribution in [2.45, 2.75) is 12.1 Å². The van der Waals surface area contributed by atoms with Gasteiger partial charge in [-0.2, -0.15) is 0 Å². The topological polar surface area (TPSA) is 137 Å². The highest BCUT2D eigenvalue weighted by Gasteiger charge is 2.48. The summed E-state index contributed by atoms with van der Waals surface area (Å²) in [6, 6.07) is 10.4. The van der Waals surface area contributed by atoms with Gasteiger partial charge in [0.15, 0.2) is 0 Å². The van der Waals surface area contributed by atoms with Gasteiger partial charge in [-0.15, -0.1) is 0 Å². The van der Waals surface area contributed by atoms with E-state index in [2.05, 4.69) is 22.5 Å². The van der Waals surface area contributed by atoms with E-state index in [0.717, 1.165) is 5.56 Å². The van der Waals surface area contributed by atoms with Crippen LogP contribution in [0.3, 0.4) is 0 Å². The molecular formula is C22H18N4O6. The number of fused-ring (bicyclic) bond motifs is 1. The molecule has 0 unspecified atom stereocenters. The van der Waals surface area contributed by atoms with E-state index in [9.17, 15) is 19.2 Å². The molecule has 4 rings (SSSR count). The fraction of sp³-hybridized carbons (Fsp3) is 0.182. The zero-order valence-electron chi connectivity index (χ0n) is 16.9. The molecule has 162 valence electrons. The van der Waals surface area contributed by atoms with Gasteiger partial charge in [-0.1, -0.05) is 17.9 Å². The number of carbonyl (C=O) groups is 4. The van der Waals surface area contributed by atoms with Crippen molar-refractivity contribution in [1.82, 2.24) is 21.0 Å². The Hall–Kier alpha value is -4.36. The average molecular weight is 434 g/mol. The van der Waals surface area contributed by atoms with E-state index in [4.69, 9.17) is 9.94 Å². The standard InChI is InChI=1S/C22H18N4O6/c1-32-16-7-6-15-11-26(19(28)17(15)10-16)12-22(20(29)23-21(30)24-22)9-8-13-2-4-14(5-3-13)18(27)25-31/h2-7,10,31H,11-12H2,1H3,(H,25,27)(H2,23,24,29,30)/t22-/m1/s1. The van der Waals surface area contributed by atoms with Crippen LogP contribution >= 0.6 is 0 Å². The summed E-state index contributed by atoms with van der Waals surface area (Å²) in [5, 5.41) is 13.4. The van der Waals surface area contributed by atoms with Crippen LogP contribution in [0.5, 0.6) is 5.75 Å². The van der Waals surface area contributed by atoms with E-state index >= 15 is 0 Å². The number of urea groups is 1. The Morgan fingerprint density at radius 1 is 1.22 bits per heavy atom. The van der Waals surface area contributed by atoms with Crippen molar-refractivity contribution in [2.75, 3.05) is 13.7 Å². The predicted octanol–water partition coefficient (Wildman–Crippen LogP) is 0.400. The summed E-state index contributed by atoms with van der Waals surface area (Å²) in [4.78, 5) is 50.3. The first-order valence-corrected chi connectivity index (χ1v) is 9.53. The molecular weight excluding hydrogens is 416 g/mol. The van der Waals surface area contributed by atoms with Crippen molar-refractivity contribution in [1.29, 1.82) is 0 Å². The van der Waals surface area contributed by atoms with Gasteiger partial charge in [0, 0.05) is 23.2 Å². The second-order valence-electron chi connectivity index (χ2n) is 7.27. The minimum atomic E-state index is -1.64. The lowest BCUT2D eigenvalue weighted by molar-refractivity contribution is -0.122. The molecule has 4 N–H and O–H groups in total. The summed E-state index contributed by atoms with van der Waals surface area (Å²) in [7, 11) is 1.50. The molecule has 10 heteroatoms. The lowest BCUT2D eigenvalue weighted by Crippen LogP contribution is -2.54. The number of ether oxygens (including phenoxy) is 1. The molecule has 0 saturated carbocycles. The molecule has 0 radical (unpaired) electrons. The number of nitrogens with one attached hydrogen (secondary N) is 3. The lowest BCUT2D eigenvalue weighted by atomic mass is 9.99. The number of benzene rings is 2. The van der Waals surface area contributed by atoms with Crippen LogP contribution in [-0.4, -0.2) is 53.1 Å². The smallest absolute Gasteiger partial charge is 0.323 e. The molecule has 0 aromatic heterocycles. The van der Waals surface area contributed by atoms with Crippen molar-refractivity contribution >= 4 is 23.8 Å². The van der Waals surface area contributed by atoms with Crippen LogP contribution < -0.4 is 20.9 Å². The Kier molecular flexibility index (Phi) is 5.26. The number of nitrogens with zero attached hydrogens (tertiary/aromatic N) is 1. The summed E-state index contributed by atoms with van der Waals surface area (Å²) in [5.74, 6) is 4.51. The number of hydrogen-bond donors (Lipinski definition) is 4. The summed E-state index contributed by atoms with van der Waals surface area (Å²) in [5.41, 5.74) is 1.82. The molecule has 0 bridgehead atoms. The number of methoxy groups -OCH3 is 1. The Balaban J connectivity index is 1.61. The van der Waals surface area contributed by atoms with Crippen LogP contribution in [0.25, 0.3) is 0 Å². The number of imide groups is 1. The first kappa shape index (κ1) is 20.9. The van der Waals surface area contributed by atoms with Crippen LogP contribution in [-0.2, 0) is 11.3 Å². The first-order chi connectivity index (χ1) is 15.3. The highest BCUT2D eigenvalue weighted by atomic mass is 16.5. The third-order valence-corrected chi connectivity index (χ3v) is 5.23. The highest BCUT2D eigenvalue weighted by molar-refractivity contribution is 6.10. The van der Waals surface area contributed by atoms with E-state index in [0.29, 0.717) is 16.9 Å². The van der Waals surface area contributed by atoms with Crippen molar-refractivity contribution in [3.63, 3.8) is 0 Å². The SMILES string of the molecule is COc1ccc2c(c1)C(=O)N(C[C@@]1(C#Cc3ccc(C(=O)NO)cc3)NC(=O)NC1=O)C2. The molecule has 1 atom stereocenters. The summed E-state index contributed by atoms with van der Waals surface area (Å²) in [6.07, 6.45) is 0. The largest absolute Gasteiger partial charge is 0.497 e. The second kappa shape index (κ2) is 8.05. The number of carbonyl (C=O) groups excluding carboxylic acids is 4. The van der Waals surface area contributed by atoms with Gasteiger partial charge in [-0.3, -0.25) is 24.9 Å². The molecule has 0 aliphatic carbocycles. The second-order valence-corrected chi connectivity index (χ2v) is 7.27. The van der Waals surface area contributed by atoms with Crippen LogP contribution in [0.2, 0.25) is 0 Å². The average Bonchev–Trinajstić information content (AvgIpc) is 3.26. The first-order valence-electron chi connectivity index (χ1n) is 9.53. The Bertz CT molecular complexity index is 1200. The van der Waals surface area contributed by atoms with Crippen LogP contribution in [0, 0.1) is 11.8 Å². The summed E-state index contributed by atoms with van der Waals surface area (Å²) in [6.45, 7) is 0.105. The zero-order chi connectivity index (χ0) is 22.9. The van der Waals surface area contributed by atoms with Crippen LogP contribution in [0.4, 0.5) is 4.79 Å². The molecule has 1 fully saturated rings. The third kappa shape index (κ3) is 3.73. The summed E-state index contributed by atoms with van der Waals surface area (Å²) >= 11 is 0.